The predicted molar refractivity (Wildman–Crippen MR) is 108 cm³/mol. The minimum absolute atomic E-state index is 0.766. The monoisotopic (exact) mass is 389 g/mol. The maximum absolute atomic E-state index is 3.60. The lowest BCUT2D eigenvalue weighted by Crippen LogP contribution is -2.36. The summed E-state index contributed by atoms with van der Waals surface area (Å²) in [5, 5.41) is 0. The number of likely N-dealkylation sites (tertiary alicyclic amines) is 1. The van der Waals surface area contributed by atoms with Crippen molar-refractivity contribution in [3.05, 3.63) is 40.5 Å². The standard InChI is InChI=1S/C22H32BrN/c1-18(20-10-7-11-21(23)16-20)17-24-15-6-5-12-22(24)14-13-19-8-3-2-4-9-19/h7,10-11,16-17,19,22H,2-6,8-9,12-15H2,1H3. The first-order chi connectivity index (χ1) is 11.7. The molecule has 1 aromatic rings. The van der Waals surface area contributed by atoms with Crippen LogP contribution in [-0.2, 0) is 0 Å². The molecule has 132 valence electrons. The number of hydrogen-bond acceptors (Lipinski definition) is 1. The second-order valence-electron chi connectivity index (χ2n) is 7.79. The Morgan fingerprint density at radius 1 is 1.08 bits per heavy atom. The largest absolute Gasteiger partial charge is 0.374 e. The summed E-state index contributed by atoms with van der Waals surface area (Å²) in [6, 6.07) is 9.45. The van der Waals surface area contributed by atoms with Crippen LogP contribution in [0.3, 0.4) is 0 Å². The fourth-order valence-corrected chi connectivity index (χ4v) is 4.86. The molecular weight excluding hydrogens is 358 g/mol. The molecule has 1 aliphatic carbocycles. The lowest BCUT2D eigenvalue weighted by molar-refractivity contribution is 0.186. The molecule has 0 bridgehead atoms. The van der Waals surface area contributed by atoms with Gasteiger partial charge in [0.15, 0.2) is 0 Å². The molecule has 1 heterocycles. The van der Waals surface area contributed by atoms with E-state index < -0.39 is 0 Å². The van der Waals surface area contributed by atoms with E-state index in [-0.39, 0.29) is 0 Å². The molecule has 2 fully saturated rings. The van der Waals surface area contributed by atoms with E-state index in [1.165, 1.54) is 86.4 Å². The quantitative estimate of drug-likeness (QED) is 0.522. The molecule has 24 heavy (non-hydrogen) atoms. The Labute approximate surface area is 156 Å². The second-order valence-corrected chi connectivity index (χ2v) is 8.71. The minimum atomic E-state index is 0.766. The topological polar surface area (TPSA) is 3.24 Å². The summed E-state index contributed by atoms with van der Waals surface area (Å²) in [5.41, 5.74) is 2.72. The molecule has 0 radical (unpaired) electrons. The first-order valence-corrected chi connectivity index (χ1v) is 10.7. The van der Waals surface area contributed by atoms with Crippen LogP contribution in [0.25, 0.3) is 5.57 Å². The van der Waals surface area contributed by atoms with Crippen molar-refractivity contribution in [2.45, 2.75) is 77.2 Å². The van der Waals surface area contributed by atoms with Crippen LogP contribution in [0.1, 0.15) is 76.7 Å². The van der Waals surface area contributed by atoms with Gasteiger partial charge in [0.2, 0.25) is 0 Å². The van der Waals surface area contributed by atoms with Gasteiger partial charge in [-0.1, -0.05) is 60.2 Å². The lowest BCUT2D eigenvalue weighted by Gasteiger charge is -2.36. The normalized spacial score (nSPS) is 23.5. The van der Waals surface area contributed by atoms with Crippen molar-refractivity contribution in [2.24, 2.45) is 5.92 Å². The average Bonchev–Trinajstić information content (AvgIpc) is 2.62. The Hall–Kier alpha value is -0.760. The summed E-state index contributed by atoms with van der Waals surface area (Å²) >= 11 is 3.60. The molecule has 2 heteroatoms. The Balaban J connectivity index is 1.61. The smallest absolute Gasteiger partial charge is 0.0284 e. The number of halogens is 1. The van der Waals surface area contributed by atoms with Gasteiger partial charge in [-0.3, -0.25) is 0 Å². The molecule has 1 aromatic carbocycles. The van der Waals surface area contributed by atoms with E-state index in [0.29, 0.717) is 0 Å². The van der Waals surface area contributed by atoms with Crippen LogP contribution in [0, 0.1) is 5.92 Å². The number of rotatable bonds is 5. The molecule has 1 saturated heterocycles. The first kappa shape index (κ1) is 18.0. The zero-order valence-electron chi connectivity index (χ0n) is 15.1. The fraction of sp³-hybridized carbons (Fsp3) is 0.636. The highest BCUT2D eigenvalue weighted by Crippen LogP contribution is 2.31. The second kappa shape index (κ2) is 9.08. The summed E-state index contributed by atoms with van der Waals surface area (Å²) in [7, 11) is 0. The number of hydrogen-bond donors (Lipinski definition) is 0. The Bertz CT molecular complexity index is 545. The van der Waals surface area contributed by atoms with Crippen LogP contribution in [0.15, 0.2) is 34.9 Å². The maximum Gasteiger partial charge on any atom is 0.0284 e. The zero-order valence-corrected chi connectivity index (χ0v) is 16.7. The highest BCUT2D eigenvalue weighted by Gasteiger charge is 2.22. The van der Waals surface area contributed by atoms with Crippen molar-refractivity contribution in [1.29, 1.82) is 0 Å². The van der Waals surface area contributed by atoms with Crippen molar-refractivity contribution in [1.82, 2.24) is 4.90 Å². The van der Waals surface area contributed by atoms with Crippen molar-refractivity contribution in [3.63, 3.8) is 0 Å². The van der Waals surface area contributed by atoms with E-state index in [1.54, 1.807) is 0 Å². The fourth-order valence-electron chi connectivity index (χ4n) is 4.46. The van der Waals surface area contributed by atoms with Crippen molar-refractivity contribution < 1.29 is 0 Å². The van der Waals surface area contributed by atoms with Crippen molar-refractivity contribution in [3.8, 4) is 0 Å². The van der Waals surface area contributed by atoms with Gasteiger partial charge < -0.3 is 4.90 Å². The Morgan fingerprint density at radius 2 is 1.88 bits per heavy atom. The van der Waals surface area contributed by atoms with Crippen LogP contribution < -0.4 is 0 Å². The van der Waals surface area contributed by atoms with Gasteiger partial charge >= 0.3 is 0 Å². The maximum atomic E-state index is 3.60. The third-order valence-corrected chi connectivity index (χ3v) is 6.44. The summed E-state index contributed by atoms with van der Waals surface area (Å²) in [5.74, 6) is 1.01. The molecule has 0 amide bonds. The van der Waals surface area contributed by atoms with E-state index >= 15 is 0 Å². The molecule has 3 rings (SSSR count). The van der Waals surface area contributed by atoms with Gasteiger partial charge in [0, 0.05) is 23.3 Å². The summed E-state index contributed by atoms with van der Waals surface area (Å²) in [6.45, 7) is 3.50. The van der Waals surface area contributed by atoms with Gasteiger partial charge in [0.1, 0.15) is 0 Å². The molecule has 1 nitrogen and oxygen atoms in total. The molecular formula is C22H32BrN. The van der Waals surface area contributed by atoms with Gasteiger partial charge in [-0.15, -0.1) is 0 Å². The van der Waals surface area contributed by atoms with Crippen molar-refractivity contribution in [2.75, 3.05) is 6.54 Å². The predicted octanol–water partition coefficient (Wildman–Crippen LogP) is 7.02. The zero-order chi connectivity index (χ0) is 16.8. The summed E-state index contributed by atoms with van der Waals surface area (Å²) < 4.78 is 1.17. The third kappa shape index (κ3) is 5.12. The molecule has 1 saturated carbocycles. The molecule has 0 N–H and O–H groups in total. The molecule has 0 spiro atoms. The molecule has 1 unspecified atom stereocenters. The molecule has 0 aromatic heterocycles. The Morgan fingerprint density at radius 3 is 2.67 bits per heavy atom. The van der Waals surface area contributed by atoms with Crippen LogP contribution in [0.5, 0.6) is 0 Å². The number of allylic oxidation sites excluding steroid dienone is 1. The SMILES string of the molecule is CC(=CN1CCCCC1CCC1CCCCC1)c1cccc(Br)c1. The molecule has 2 aliphatic rings. The highest BCUT2D eigenvalue weighted by atomic mass is 79.9. The van der Waals surface area contributed by atoms with Gasteiger partial charge in [0.25, 0.3) is 0 Å². The molecule has 1 aliphatic heterocycles. The van der Waals surface area contributed by atoms with Crippen LogP contribution in [0.4, 0.5) is 0 Å². The first-order valence-electron chi connectivity index (χ1n) is 9.92. The van der Waals surface area contributed by atoms with E-state index in [2.05, 4.69) is 58.2 Å². The lowest BCUT2D eigenvalue weighted by atomic mass is 9.84. The van der Waals surface area contributed by atoms with Gasteiger partial charge in [-0.25, -0.2) is 0 Å². The summed E-state index contributed by atoms with van der Waals surface area (Å²) in [6.07, 6.45) is 16.8. The van der Waals surface area contributed by atoms with E-state index in [4.69, 9.17) is 0 Å². The van der Waals surface area contributed by atoms with Crippen LogP contribution in [-0.4, -0.2) is 17.5 Å². The average molecular weight is 390 g/mol. The van der Waals surface area contributed by atoms with Gasteiger partial charge in [0.05, 0.1) is 0 Å². The third-order valence-electron chi connectivity index (χ3n) is 5.94. The number of nitrogens with zero attached hydrogens (tertiary/aromatic N) is 1. The highest BCUT2D eigenvalue weighted by molar-refractivity contribution is 9.10. The van der Waals surface area contributed by atoms with Crippen LogP contribution >= 0.6 is 15.9 Å². The van der Waals surface area contributed by atoms with E-state index in [1.807, 2.05) is 0 Å². The molecule has 1 atom stereocenters. The number of benzene rings is 1. The van der Waals surface area contributed by atoms with E-state index in [0.717, 1.165) is 12.0 Å². The van der Waals surface area contributed by atoms with Crippen LogP contribution in [0.2, 0.25) is 0 Å². The minimum Gasteiger partial charge on any atom is -0.374 e. The van der Waals surface area contributed by atoms with E-state index in [9.17, 15) is 0 Å². The van der Waals surface area contributed by atoms with Gasteiger partial charge in [-0.2, -0.15) is 0 Å². The number of piperidine rings is 1. The Kier molecular flexibility index (Phi) is 6.83. The summed E-state index contributed by atoms with van der Waals surface area (Å²) in [4.78, 5) is 2.66. The van der Waals surface area contributed by atoms with Gasteiger partial charge in [-0.05, 0) is 68.2 Å². The van der Waals surface area contributed by atoms with Crippen molar-refractivity contribution >= 4 is 21.5 Å².